The zero-order valence-corrected chi connectivity index (χ0v) is 14.0. The van der Waals surface area contributed by atoms with Crippen LogP contribution in [0.4, 0.5) is 0 Å². The Balaban J connectivity index is 1.95. The van der Waals surface area contributed by atoms with Gasteiger partial charge in [-0.25, -0.2) is 0 Å². The lowest BCUT2D eigenvalue weighted by Crippen LogP contribution is -2.45. The van der Waals surface area contributed by atoms with Gasteiger partial charge in [-0.1, -0.05) is 12.1 Å². The first kappa shape index (κ1) is 17.6. The molecule has 2 rings (SSSR count). The largest absolute Gasteiger partial charge is 0.493 e. The summed E-state index contributed by atoms with van der Waals surface area (Å²) in [5.41, 5.74) is 6.95. The number of carbonyl (C=O) groups is 1. The van der Waals surface area contributed by atoms with Crippen molar-refractivity contribution < 1.29 is 19.0 Å². The molecule has 128 valence electrons. The highest BCUT2D eigenvalue weighted by atomic mass is 16.5. The summed E-state index contributed by atoms with van der Waals surface area (Å²) < 4.78 is 16.0. The molecule has 1 fully saturated rings. The minimum Gasteiger partial charge on any atom is -0.493 e. The smallest absolute Gasteiger partial charge is 0.223 e. The van der Waals surface area contributed by atoms with Crippen molar-refractivity contribution in [3.63, 3.8) is 0 Å². The van der Waals surface area contributed by atoms with Gasteiger partial charge in [0.05, 0.1) is 20.3 Å². The number of para-hydroxylation sites is 1. The van der Waals surface area contributed by atoms with Gasteiger partial charge in [0.15, 0.2) is 11.5 Å². The molecule has 0 aromatic heterocycles. The fourth-order valence-electron chi connectivity index (χ4n) is 3.13. The zero-order valence-electron chi connectivity index (χ0n) is 14.0. The van der Waals surface area contributed by atoms with Gasteiger partial charge in [0.2, 0.25) is 5.91 Å². The molecule has 1 saturated carbocycles. The van der Waals surface area contributed by atoms with Gasteiger partial charge < -0.3 is 25.3 Å². The van der Waals surface area contributed by atoms with E-state index in [9.17, 15) is 4.79 Å². The zero-order chi connectivity index (χ0) is 16.8. The summed E-state index contributed by atoms with van der Waals surface area (Å²) in [6.07, 6.45) is 2.32. The molecule has 0 spiro atoms. The van der Waals surface area contributed by atoms with Crippen LogP contribution < -0.4 is 20.5 Å². The lowest BCUT2D eigenvalue weighted by atomic mass is 9.83. The SMILES string of the molecule is COc1cccc(CNC(=O)[C@H]2CC[C@@H](OC)[C@H](N)C2)c1OC. The Morgan fingerprint density at radius 3 is 2.65 bits per heavy atom. The van der Waals surface area contributed by atoms with Gasteiger partial charge in [-0.05, 0) is 25.3 Å². The first-order valence-electron chi connectivity index (χ1n) is 7.86. The van der Waals surface area contributed by atoms with E-state index in [1.54, 1.807) is 21.3 Å². The second-order valence-corrected chi connectivity index (χ2v) is 5.82. The number of nitrogens with one attached hydrogen (secondary N) is 1. The lowest BCUT2D eigenvalue weighted by Gasteiger charge is -2.32. The summed E-state index contributed by atoms with van der Waals surface area (Å²) >= 11 is 0. The molecule has 23 heavy (non-hydrogen) atoms. The molecule has 6 nitrogen and oxygen atoms in total. The topological polar surface area (TPSA) is 82.8 Å². The quantitative estimate of drug-likeness (QED) is 0.828. The van der Waals surface area contributed by atoms with Crippen molar-refractivity contribution in [1.29, 1.82) is 0 Å². The summed E-state index contributed by atoms with van der Waals surface area (Å²) in [6, 6.07) is 5.53. The molecule has 0 bridgehead atoms. The van der Waals surface area contributed by atoms with E-state index in [0.29, 0.717) is 24.5 Å². The highest BCUT2D eigenvalue weighted by Gasteiger charge is 2.31. The van der Waals surface area contributed by atoms with E-state index < -0.39 is 0 Å². The fraction of sp³-hybridized carbons (Fsp3) is 0.588. The normalized spacial score (nSPS) is 24.1. The van der Waals surface area contributed by atoms with Gasteiger partial charge >= 0.3 is 0 Å². The van der Waals surface area contributed by atoms with Crippen molar-refractivity contribution in [2.75, 3.05) is 21.3 Å². The maximum Gasteiger partial charge on any atom is 0.223 e. The fourth-order valence-corrected chi connectivity index (χ4v) is 3.13. The number of rotatable bonds is 6. The predicted octanol–water partition coefficient (Wildman–Crippen LogP) is 1.46. The van der Waals surface area contributed by atoms with Crippen LogP contribution in [0.15, 0.2) is 18.2 Å². The molecule has 1 aromatic rings. The average molecular weight is 322 g/mol. The molecule has 1 aliphatic carbocycles. The Labute approximate surface area is 137 Å². The molecule has 3 atom stereocenters. The number of carbonyl (C=O) groups excluding carboxylic acids is 1. The minimum atomic E-state index is -0.0872. The monoisotopic (exact) mass is 322 g/mol. The number of benzene rings is 1. The van der Waals surface area contributed by atoms with Crippen molar-refractivity contribution in [1.82, 2.24) is 5.32 Å². The molecular formula is C17H26N2O4. The molecule has 1 aromatic carbocycles. The van der Waals surface area contributed by atoms with Gasteiger partial charge in [0.1, 0.15) is 0 Å². The lowest BCUT2D eigenvalue weighted by molar-refractivity contribution is -0.127. The summed E-state index contributed by atoms with van der Waals surface area (Å²) in [4.78, 5) is 12.4. The number of hydrogen-bond donors (Lipinski definition) is 2. The molecule has 6 heteroatoms. The third-order valence-corrected chi connectivity index (χ3v) is 4.44. The van der Waals surface area contributed by atoms with Crippen LogP contribution in [0.2, 0.25) is 0 Å². The van der Waals surface area contributed by atoms with Crippen LogP contribution >= 0.6 is 0 Å². The second kappa shape index (κ2) is 8.17. The number of ether oxygens (including phenoxy) is 3. The van der Waals surface area contributed by atoms with Gasteiger partial charge in [0, 0.05) is 31.2 Å². The Kier molecular flexibility index (Phi) is 6.24. The van der Waals surface area contributed by atoms with Crippen molar-refractivity contribution in [2.24, 2.45) is 11.7 Å². The van der Waals surface area contributed by atoms with Crippen LogP contribution in [-0.4, -0.2) is 39.4 Å². The highest BCUT2D eigenvalue weighted by molar-refractivity contribution is 5.79. The van der Waals surface area contributed by atoms with E-state index >= 15 is 0 Å². The van der Waals surface area contributed by atoms with E-state index in [1.807, 2.05) is 18.2 Å². The molecule has 1 aliphatic rings. The maximum atomic E-state index is 12.4. The van der Waals surface area contributed by atoms with Crippen molar-refractivity contribution >= 4 is 5.91 Å². The molecular weight excluding hydrogens is 296 g/mol. The minimum absolute atomic E-state index is 0.0277. The molecule has 0 aliphatic heterocycles. The standard InChI is InChI=1S/C17H26N2O4/c1-21-14-8-7-11(9-13(14)18)17(20)19-10-12-5-4-6-15(22-2)16(12)23-3/h4-6,11,13-14H,7-10,18H2,1-3H3,(H,19,20)/t11-,13+,14+/m0/s1. The Morgan fingerprint density at radius 2 is 2.04 bits per heavy atom. The third kappa shape index (κ3) is 4.14. The van der Waals surface area contributed by atoms with Gasteiger partial charge in [-0.15, -0.1) is 0 Å². The van der Waals surface area contributed by atoms with Crippen LogP contribution in [-0.2, 0) is 16.1 Å². The molecule has 0 unspecified atom stereocenters. The molecule has 0 saturated heterocycles. The average Bonchev–Trinajstić information content (AvgIpc) is 2.58. The van der Waals surface area contributed by atoms with E-state index in [-0.39, 0.29) is 24.0 Å². The highest BCUT2D eigenvalue weighted by Crippen LogP contribution is 2.31. The van der Waals surface area contributed by atoms with Crippen LogP contribution in [0.3, 0.4) is 0 Å². The Morgan fingerprint density at radius 1 is 1.26 bits per heavy atom. The first-order chi connectivity index (χ1) is 11.1. The summed E-state index contributed by atoms with van der Waals surface area (Å²) in [7, 11) is 4.85. The van der Waals surface area contributed by atoms with Crippen LogP contribution in [0.1, 0.15) is 24.8 Å². The number of hydrogen-bond acceptors (Lipinski definition) is 5. The van der Waals surface area contributed by atoms with Crippen LogP contribution in [0, 0.1) is 5.92 Å². The summed E-state index contributed by atoms with van der Waals surface area (Å²) in [5, 5.41) is 2.98. The van der Waals surface area contributed by atoms with E-state index in [2.05, 4.69) is 5.32 Å². The van der Waals surface area contributed by atoms with E-state index in [1.165, 1.54) is 0 Å². The Bertz CT molecular complexity index is 535. The Hall–Kier alpha value is -1.79. The molecule has 0 heterocycles. The maximum absolute atomic E-state index is 12.4. The molecule has 1 amide bonds. The summed E-state index contributed by atoms with van der Waals surface area (Å²) in [5.74, 6) is 1.27. The van der Waals surface area contributed by atoms with Crippen molar-refractivity contribution in [3.8, 4) is 11.5 Å². The predicted molar refractivity (Wildman–Crippen MR) is 87.5 cm³/mol. The number of methoxy groups -OCH3 is 3. The van der Waals surface area contributed by atoms with Crippen molar-refractivity contribution in [3.05, 3.63) is 23.8 Å². The molecule has 0 radical (unpaired) electrons. The van der Waals surface area contributed by atoms with Gasteiger partial charge in [-0.2, -0.15) is 0 Å². The first-order valence-corrected chi connectivity index (χ1v) is 7.86. The van der Waals surface area contributed by atoms with Crippen molar-refractivity contribution in [2.45, 2.75) is 38.0 Å². The van der Waals surface area contributed by atoms with Gasteiger partial charge in [-0.3, -0.25) is 4.79 Å². The van der Waals surface area contributed by atoms with Gasteiger partial charge in [0.25, 0.3) is 0 Å². The van der Waals surface area contributed by atoms with E-state index in [0.717, 1.165) is 18.4 Å². The second-order valence-electron chi connectivity index (χ2n) is 5.82. The van der Waals surface area contributed by atoms with Crippen LogP contribution in [0.5, 0.6) is 11.5 Å². The van der Waals surface area contributed by atoms with Crippen LogP contribution in [0.25, 0.3) is 0 Å². The van der Waals surface area contributed by atoms with E-state index in [4.69, 9.17) is 19.9 Å². The summed E-state index contributed by atoms with van der Waals surface area (Å²) in [6.45, 7) is 0.401. The molecule has 3 N–H and O–H groups in total. The third-order valence-electron chi connectivity index (χ3n) is 4.44. The number of nitrogens with two attached hydrogens (primary N) is 1. The number of amides is 1.